The Kier molecular flexibility index (Phi) is 4.72. The van der Waals surface area contributed by atoms with E-state index < -0.39 is 11.7 Å². The van der Waals surface area contributed by atoms with Gasteiger partial charge in [-0.1, -0.05) is 18.2 Å². The Morgan fingerprint density at radius 1 is 1.07 bits per heavy atom. The minimum atomic E-state index is -0.454. The first kappa shape index (κ1) is 18.5. The zero-order valence-electron chi connectivity index (χ0n) is 15.6. The number of para-hydroxylation sites is 1. The summed E-state index contributed by atoms with van der Waals surface area (Å²) < 4.78 is 14.2. The minimum Gasteiger partial charge on any atom is -0.330 e. The predicted molar refractivity (Wildman–Crippen MR) is 113 cm³/mol. The van der Waals surface area contributed by atoms with Gasteiger partial charge in [-0.05, 0) is 47.0 Å². The third-order valence-corrected chi connectivity index (χ3v) is 7.60. The lowest BCUT2D eigenvalue weighted by molar-refractivity contribution is -0.137. The molecule has 148 valence electrons. The number of carbonyl (C=O) groups excluding carboxylic acids is 2. The topological polar surface area (TPSA) is 40.6 Å². The summed E-state index contributed by atoms with van der Waals surface area (Å²) in [5.41, 5.74) is 1.44. The molecule has 4 heterocycles. The molecule has 7 heteroatoms. The lowest BCUT2D eigenvalue weighted by atomic mass is 9.96. The molecule has 2 aliphatic rings. The van der Waals surface area contributed by atoms with E-state index in [-0.39, 0.29) is 36.5 Å². The van der Waals surface area contributed by atoms with Gasteiger partial charge in [0.25, 0.3) is 0 Å². The second-order valence-corrected chi connectivity index (χ2v) is 9.34. The molecule has 2 aliphatic heterocycles. The molecule has 0 spiro atoms. The molecule has 3 aromatic rings. The van der Waals surface area contributed by atoms with Gasteiger partial charge in [-0.15, -0.1) is 22.7 Å². The highest BCUT2D eigenvalue weighted by Gasteiger charge is 2.42. The Balaban J connectivity index is 1.43. The van der Waals surface area contributed by atoms with Gasteiger partial charge in [0.2, 0.25) is 11.8 Å². The standard InChI is InChI=1S/C22H19FN2O2S2/c23-16-4-1-2-5-17(16)25-13-14(12-20(25)26)22(27)24-9-7-18-15(8-11-29-18)21(24)19-6-3-10-28-19/h1-6,8,10-11,14,21H,7,9,12-13H2/t14-,21-/m0/s1. The number of amides is 2. The highest BCUT2D eigenvalue weighted by atomic mass is 32.1. The maximum atomic E-state index is 14.2. The molecule has 1 saturated heterocycles. The van der Waals surface area contributed by atoms with Crippen LogP contribution in [0.25, 0.3) is 0 Å². The molecule has 0 saturated carbocycles. The summed E-state index contributed by atoms with van der Waals surface area (Å²) in [7, 11) is 0. The Morgan fingerprint density at radius 2 is 1.93 bits per heavy atom. The average molecular weight is 427 g/mol. The van der Waals surface area contributed by atoms with Crippen LogP contribution < -0.4 is 4.90 Å². The first-order valence-corrected chi connectivity index (χ1v) is 11.3. The number of hydrogen-bond donors (Lipinski definition) is 0. The molecule has 5 rings (SSSR count). The fraction of sp³-hybridized carbons (Fsp3) is 0.273. The number of halogens is 1. The summed E-state index contributed by atoms with van der Waals surface area (Å²) in [6.07, 6.45) is 0.954. The Hall–Kier alpha value is -2.51. The van der Waals surface area contributed by atoms with Gasteiger partial charge in [0.1, 0.15) is 5.82 Å². The number of fused-ring (bicyclic) bond motifs is 1. The van der Waals surface area contributed by atoms with E-state index in [2.05, 4.69) is 17.5 Å². The molecule has 1 aromatic carbocycles. The Labute approximate surface area is 176 Å². The van der Waals surface area contributed by atoms with E-state index in [1.54, 1.807) is 40.9 Å². The van der Waals surface area contributed by atoms with Crippen LogP contribution in [0.1, 0.15) is 27.8 Å². The van der Waals surface area contributed by atoms with Crippen molar-refractivity contribution < 1.29 is 14.0 Å². The van der Waals surface area contributed by atoms with Crippen LogP contribution >= 0.6 is 22.7 Å². The second kappa shape index (κ2) is 7.39. The maximum Gasteiger partial charge on any atom is 0.228 e. The molecular formula is C22H19FN2O2S2. The summed E-state index contributed by atoms with van der Waals surface area (Å²) in [6.45, 7) is 0.863. The van der Waals surface area contributed by atoms with E-state index in [4.69, 9.17) is 0 Å². The first-order chi connectivity index (χ1) is 14.1. The molecule has 0 N–H and O–H groups in total. The number of nitrogens with zero attached hydrogens (tertiary/aromatic N) is 2. The van der Waals surface area contributed by atoms with Crippen molar-refractivity contribution in [3.63, 3.8) is 0 Å². The van der Waals surface area contributed by atoms with Crippen molar-refractivity contribution in [3.05, 3.63) is 74.4 Å². The number of rotatable bonds is 3. The van der Waals surface area contributed by atoms with Crippen LogP contribution in [0.15, 0.2) is 53.2 Å². The van der Waals surface area contributed by atoms with E-state index in [0.717, 1.165) is 11.3 Å². The van der Waals surface area contributed by atoms with Gasteiger partial charge in [-0.25, -0.2) is 4.39 Å². The lowest BCUT2D eigenvalue weighted by Crippen LogP contribution is -2.43. The highest BCUT2D eigenvalue weighted by Crippen LogP contribution is 2.41. The quantitative estimate of drug-likeness (QED) is 0.620. The van der Waals surface area contributed by atoms with E-state index in [9.17, 15) is 14.0 Å². The molecule has 4 nitrogen and oxygen atoms in total. The Morgan fingerprint density at radius 3 is 2.72 bits per heavy atom. The van der Waals surface area contributed by atoms with Gasteiger partial charge in [0.05, 0.1) is 17.6 Å². The molecule has 0 bridgehead atoms. The van der Waals surface area contributed by atoms with Gasteiger partial charge in [0, 0.05) is 29.3 Å². The number of benzene rings is 1. The van der Waals surface area contributed by atoms with Crippen molar-refractivity contribution in [1.29, 1.82) is 0 Å². The first-order valence-electron chi connectivity index (χ1n) is 9.58. The Bertz CT molecular complexity index is 1060. The molecule has 2 atom stereocenters. The van der Waals surface area contributed by atoms with Crippen molar-refractivity contribution in [2.24, 2.45) is 5.92 Å². The average Bonchev–Trinajstić information content (AvgIpc) is 3.48. The molecular weight excluding hydrogens is 407 g/mol. The van der Waals surface area contributed by atoms with Crippen LogP contribution in [0.5, 0.6) is 0 Å². The number of thiophene rings is 2. The van der Waals surface area contributed by atoms with Crippen LogP contribution in [0.4, 0.5) is 10.1 Å². The fourth-order valence-corrected chi connectivity index (χ4v) is 6.08. The van der Waals surface area contributed by atoms with Crippen molar-refractivity contribution in [1.82, 2.24) is 4.90 Å². The fourth-order valence-electron chi connectivity index (χ4n) is 4.32. The molecule has 2 amide bonds. The number of anilines is 1. The maximum absolute atomic E-state index is 14.2. The largest absolute Gasteiger partial charge is 0.330 e. The lowest BCUT2D eigenvalue weighted by Gasteiger charge is -2.37. The van der Waals surface area contributed by atoms with Gasteiger partial charge >= 0.3 is 0 Å². The second-order valence-electron chi connectivity index (χ2n) is 7.36. The van der Waals surface area contributed by atoms with Crippen LogP contribution in [0.2, 0.25) is 0 Å². The van der Waals surface area contributed by atoms with Gasteiger partial charge in [0.15, 0.2) is 0 Å². The third kappa shape index (κ3) is 3.18. The molecule has 29 heavy (non-hydrogen) atoms. The minimum absolute atomic E-state index is 0.0209. The highest BCUT2D eigenvalue weighted by molar-refractivity contribution is 7.10. The molecule has 0 radical (unpaired) electrons. The van der Waals surface area contributed by atoms with Gasteiger partial charge in [-0.2, -0.15) is 0 Å². The zero-order chi connectivity index (χ0) is 20.0. The summed E-state index contributed by atoms with van der Waals surface area (Å²) in [5, 5.41) is 4.11. The van der Waals surface area contributed by atoms with E-state index in [1.165, 1.54) is 21.4 Å². The van der Waals surface area contributed by atoms with E-state index in [1.807, 2.05) is 16.3 Å². The van der Waals surface area contributed by atoms with E-state index in [0.29, 0.717) is 6.54 Å². The zero-order valence-corrected chi connectivity index (χ0v) is 17.2. The summed E-state index contributed by atoms with van der Waals surface area (Å²) in [4.78, 5) is 31.9. The van der Waals surface area contributed by atoms with Crippen LogP contribution in [-0.2, 0) is 16.0 Å². The monoisotopic (exact) mass is 426 g/mol. The van der Waals surface area contributed by atoms with E-state index >= 15 is 0 Å². The van der Waals surface area contributed by atoms with Crippen molar-refractivity contribution in [2.45, 2.75) is 18.9 Å². The van der Waals surface area contributed by atoms with Crippen molar-refractivity contribution in [2.75, 3.05) is 18.0 Å². The number of hydrogen-bond acceptors (Lipinski definition) is 4. The summed E-state index contributed by atoms with van der Waals surface area (Å²) in [6, 6.07) is 12.3. The molecule has 2 aromatic heterocycles. The number of carbonyl (C=O) groups is 2. The normalized spacial score (nSPS) is 21.5. The van der Waals surface area contributed by atoms with Crippen molar-refractivity contribution >= 4 is 40.2 Å². The van der Waals surface area contributed by atoms with Crippen LogP contribution in [-0.4, -0.2) is 29.8 Å². The van der Waals surface area contributed by atoms with Gasteiger partial charge in [-0.3, -0.25) is 9.59 Å². The van der Waals surface area contributed by atoms with Crippen LogP contribution in [0.3, 0.4) is 0 Å². The smallest absolute Gasteiger partial charge is 0.228 e. The molecule has 0 aliphatic carbocycles. The third-order valence-electron chi connectivity index (χ3n) is 5.68. The SMILES string of the molecule is O=C1C[C@H](C(=O)N2CCc3sccc3[C@H]2c2cccs2)CN1c1ccccc1F. The summed E-state index contributed by atoms with van der Waals surface area (Å²) in [5.74, 6) is -1.11. The van der Waals surface area contributed by atoms with Gasteiger partial charge < -0.3 is 9.80 Å². The van der Waals surface area contributed by atoms with Crippen LogP contribution in [0, 0.1) is 11.7 Å². The predicted octanol–water partition coefficient (Wildman–Crippen LogP) is 4.48. The molecule has 1 fully saturated rings. The molecule has 0 unspecified atom stereocenters. The van der Waals surface area contributed by atoms with Crippen molar-refractivity contribution in [3.8, 4) is 0 Å². The summed E-state index contributed by atoms with van der Waals surface area (Å²) >= 11 is 3.38.